The smallest absolute Gasteiger partial charge is 0.249 e. The van der Waals surface area contributed by atoms with Crippen molar-refractivity contribution in [3.63, 3.8) is 0 Å². The van der Waals surface area contributed by atoms with Gasteiger partial charge in [-0.1, -0.05) is 42.5 Å². The zero-order chi connectivity index (χ0) is 19.7. The van der Waals surface area contributed by atoms with E-state index in [-0.39, 0.29) is 24.2 Å². The molecule has 1 aromatic heterocycles. The van der Waals surface area contributed by atoms with E-state index in [2.05, 4.69) is 20.5 Å². The number of rotatable bonds is 4. The van der Waals surface area contributed by atoms with Crippen molar-refractivity contribution in [2.24, 2.45) is 5.92 Å². The minimum absolute atomic E-state index is 0.0474. The van der Waals surface area contributed by atoms with Gasteiger partial charge in [-0.3, -0.25) is 20.0 Å². The highest BCUT2D eigenvalue weighted by molar-refractivity contribution is 6.03. The van der Waals surface area contributed by atoms with Crippen molar-refractivity contribution in [3.8, 4) is 11.4 Å². The number of anilines is 2. The maximum Gasteiger partial charge on any atom is 0.249 e. The van der Waals surface area contributed by atoms with Gasteiger partial charge in [0.2, 0.25) is 17.8 Å². The van der Waals surface area contributed by atoms with Crippen molar-refractivity contribution in [1.82, 2.24) is 15.2 Å². The molecule has 1 saturated heterocycles. The molecule has 1 aliphatic heterocycles. The molecule has 4 rings (SSSR count). The Kier molecular flexibility index (Phi) is 4.65. The molecule has 0 spiro atoms. The standard InChI is InChI=1S/C21H21N5O2/c1-13-7-6-10-17(14(13)2)26-12-16(11-18(26)27)20(28)23-21-22-19(24-25-21)15-8-4-3-5-9-15/h3-10,16H,11-12H2,1-2H3,(H2,22,23,24,25,28). The van der Waals surface area contributed by atoms with Crippen molar-refractivity contribution in [1.29, 1.82) is 0 Å². The molecule has 2 amide bonds. The van der Waals surface area contributed by atoms with Gasteiger partial charge in [0.05, 0.1) is 5.92 Å². The lowest BCUT2D eigenvalue weighted by atomic mass is 10.1. The third-order valence-corrected chi connectivity index (χ3v) is 5.13. The Morgan fingerprint density at radius 2 is 1.93 bits per heavy atom. The first-order valence-corrected chi connectivity index (χ1v) is 9.18. The second kappa shape index (κ2) is 7.26. The fourth-order valence-corrected chi connectivity index (χ4v) is 3.40. The van der Waals surface area contributed by atoms with Gasteiger partial charge in [0, 0.05) is 24.2 Å². The minimum Gasteiger partial charge on any atom is -0.311 e. The van der Waals surface area contributed by atoms with Gasteiger partial charge >= 0.3 is 0 Å². The Morgan fingerprint density at radius 3 is 2.71 bits per heavy atom. The number of aromatic amines is 1. The maximum atomic E-state index is 12.7. The predicted octanol–water partition coefficient (Wildman–Crippen LogP) is 3.08. The maximum absolute atomic E-state index is 12.7. The predicted molar refractivity (Wildman–Crippen MR) is 107 cm³/mol. The van der Waals surface area contributed by atoms with Crippen LogP contribution in [0.2, 0.25) is 0 Å². The van der Waals surface area contributed by atoms with Crippen molar-refractivity contribution in [3.05, 3.63) is 59.7 Å². The van der Waals surface area contributed by atoms with Gasteiger partial charge in [-0.2, -0.15) is 4.98 Å². The molecule has 0 aliphatic carbocycles. The molecule has 0 saturated carbocycles. The molecule has 1 fully saturated rings. The van der Waals surface area contributed by atoms with Crippen molar-refractivity contribution in [2.75, 3.05) is 16.8 Å². The Morgan fingerprint density at radius 1 is 1.14 bits per heavy atom. The number of aromatic nitrogens is 3. The summed E-state index contributed by atoms with van der Waals surface area (Å²) in [6, 6.07) is 15.4. The largest absolute Gasteiger partial charge is 0.311 e. The number of nitrogens with zero attached hydrogens (tertiary/aromatic N) is 3. The van der Waals surface area contributed by atoms with Gasteiger partial charge in [-0.25, -0.2) is 0 Å². The Hall–Kier alpha value is -3.48. The zero-order valence-corrected chi connectivity index (χ0v) is 15.8. The van der Waals surface area contributed by atoms with Crippen LogP contribution in [0, 0.1) is 19.8 Å². The number of hydrogen-bond donors (Lipinski definition) is 2. The average molecular weight is 375 g/mol. The fraction of sp³-hybridized carbons (Fsp3) is 0.238. The molecular weight excluding hydrogens is 354 g/mol. The van der Waals surface area contributed by atoms with Crippen LogP contribution in [0.4, 0.5) is 11.6 Å². The number of carbonyl (C=O) groups excluding carboxylic acids is 2. The SMILES string of the molecule is Cc1cccc(N2CC(C(=O)Nc3n[nH]c(-c4ccccc4)n3)CC2=O)c1C. The van der Waals surface area contributed by atoms with Crippen molar-refractivity contribution < 1.29 is 9.59 Å². The normalized spacial score (nSPS) is 16.4. The van der Waals surface area contributed by atoms with E-state index >= 15 is 0 Å². The summed E-state index contributed by atoms with van der Waals surface area (Å²) in [5.74, 6) is 0.0524. The molecule has 1 atom stereocenters. The molecule has 2 N–H and O–H groups in total. The lowest BCUT2D eigenvalue weighted by Gasteiger charge is -2.20. The summed E-state index contributed by atoms with van der Waals surface area (Å²) in [4.78, 5) is 31.2. The van der Waals surface area contributed by atoms with E-state index in [1.807, 2.05) is 62.4 Å². The van der Waals surface area contributed by atoms with Crippen LogP contribution < -0.4 is 10.2 Å². The molecular formula is C21H21N5O2. The highest BCUT2D eigenvalue weighted by Crippen LogP contribution is 2.29. The number of benzene rings is 2. The van der Waals surface area contributed by atoms with E-state index in [1.54, 1.807) is 4.90 Å². The molecule has 7 heteroatoms. The summed E-state index contributed by atoms with van der Waals surface area (Å²) in [6.45, 7) is 4.35. The lowest BCUT2D eigenvalue weighted by molar-refractivity contribution is -0.122. The van der Waals surface area contributed by atoms with Crippen LogP contribution in [-0.4, -0.2) is 33.5 Å². The first-order chi connectivity index (χ1) is 13.5. The van der Waals surface area contributed by atoms with Gasteiger partial charge in [0.1, 0.15) is 0 Å². The highest BCUT2D eigenvalue weighted by atomic mass is 16.2. The summed E-state index contributed by atoms with van der Waals surface area (Å²) in [5.41, 5.74) is 3.92. The van der Waals surface area contributed by atoms with Crippen LogP contribution in [0.5, 0.6) is 0 Å². The summed E-state index contributed by atoms with van der Waals surface area (Å²) < 4.78 is 0. The molecule has 7 nitrogen and oxygen atoms in total. The Balaban J connectivity index is 1.46. The monoisotopic (exact) mass is 375 g/mol. The highest BCUT2D eigenvalue weighted by Gasteiger charge is 2.36. The molecule has 1 aliphatic rings. The topological polar surface area (TPSA) is 91.0 Å². The molecule has 0 bridgehead atoms. The Labute approximate surface area is 162 Å². The van der Waals surface area contributed by atoms with E-state index in [4.69, 9.17) is 0 Å². The van der Waals surface area contributed by atoms with Crippen LogP contribution in [0.1, 0.15) is 17.5 Å². The molecule has 1 unspecified atom stereocenters. The minimum atomic E-state index is -0.439. The molecule has 28 heavy (non-hydrogen) atoms. The molecule has 0 radical (unpaired) electrons. The molecule has 2 aromatic carbocycles. The molecule has 142 valence electrons. The third kappa shape index (κ3) is 3.38. The number of nitrogens with one attached hydrogen (secondary N) is 2. The molecule has 3 aromatic rings. The first-order valence-electron chi connectivity index (χ1n) is 9.18. The first kappa shape index (κ1) is 17.9. The average Bonchev–Trinajstić information content (AvgIpc) is 3.32. The quantitative estimate of drug-likeness (QED) is 0.733. The molecule has 2 heterocycles. The lowest BCUT2D eigenvalue weighted by Crippen LogP contribution is -2.29. The number of H-pyrrole nitrogens is 1. The third-order valence-electron chi connectivity index (χ3n) is 5.13. The second-order valence-corrected chi connectivity index (χ2v) is 6.99. The fourth-order valence-electron chi connectivity index (χ4n) is 3.40. The Bertz CT molecular complexity index is 1030. The number of carbonyl (C=O) groups is 2. The van der Waals surface area contributed by atoms with E-state index in [1.165, 1.54) is 0 Å². The van der Waals surface area contributed by atoms with Gasteiger partial charge < -0.3 is 4.90 Å². The van der Waals surface area contributed by atoms with Gasteiger partial charge in [0.25, 0.3) is 0 Å². The van der Waals surface area contributed by atoms with Gasteiger partial charge in [0.15, 0.2) is 5.82 Å². The van der Waals surface area contributed by atoms with Crippen LogP contribution in [0.3, 0.4) is 0 Å². The number of hydrogen-bond acceptors (Lipinski definition) is 4. The van der Waals surface area contributed by atoms with E-state index in [0.29, 0.717) is 12.4 Å². The second-order valence-electron chi connectivity index (χ2n) is 6.99. The summed E-state index contributed by atoms with van der Waals surface area (Å²) in [5, 5.41) is 9.60. The van der Waals surface area contributed by atoms with Crippen LogP contribution in [0.15, 0.2) is 48.5 Å². The summed E-state index contributed by atoms with van der Waals surface area (Å²) >= 11 is 0. The van der Waals surface area contributed by atoms with Crippen LogP contribution in [-0.2, 0) is 9.59 Å². The number of amides is 2. The van der Waals surface area contributed by atoms with Crippen molar-refractivity contribution in [2.45, 2.75) is 20.3 Å². The van der Waals surface area contributed by atoms with Crippen LogP contribution >= 0.6 is 0 Å². The van der Waals surface area contributed by atoms with E-state index in [0.717, 1.165) is 22.4 Å². The number of aryl methyl sites for hydroxylation is 1. The zero-order valence-electron chi connectivity index (χ0n) is 15.8. The van der Waals surface area contributed by atoms with Gasteiger partial charge in [-0.05, 0) is 31.0 Å². The van der Waals surface area contributed by atoms with Crippen molar-refractivity contribution >= 4 is 23.5 Å². The summed E-state index contributed by atoms with van der Waals surface area (Å²) in [6.07, 6.45) is 0.176. The van der Waals surface area contributed by atoms with Gasteiger partial charge in [-0.15, -0.1) is 5.10 Å². The van der Waals surface area contributed by atoms with Crippen LogP contribution in [0.25, 0.3) is 11.4 Å². The van der Waals surface area contributed by atoms with E-state index < -0.39 is 5.92 Å². The summed E-state index contributed by atoms with van der Waals surface area (Å²) in [7, 11) is 0. The van der Waals surface area contributed by atoms with E-state index in [9.17, 15) is 9.59 Å².